The summed E-state index contributed by atoms with van der Waals surface area (Å²) in [7, 11) is 0. The van der Waals surface area contributed by atoms with Gasteiger partial charge in [0, 0.05) is 6.54 Å². The van der Waals surface area contributed by atoms with E-state index < -0.39 is 0 Å². The highest BCUT2D eigenvalue weighted by atomic mass is 35.5. The zero-order chi connectivity index (χ0) is 11.5. The highest BCUT2D eigenvalue weighted by Gasteiger charge is 2.21. The summed E-state index contributed by atoms with van der Waals surface area (Å²) >= 11 is 5.72. The first-order valence-corrected chi connectivity index (χ1v) is 6.05. The topological polar surface area (TPSA) is 63.8 Å². The molecule has 1 aliphatic rings. The van der Waals surface area contributed by atoms with Crippen molar-refractivity contribution < 1.29 is 0 Å². The first-order chi connectivity index (χ1) is 7.65. The van der Waals surface area contributed by atoms with Gasteiger partial charge in [0.25, 0.3) is 0 Å². The number of hydrogen-bond donors (Lipinski definition) is 2. The van der Waals surface area contributed by atoms with Gasteiger partial charge in [0.05, 0.1) is 11.9 Å². The molecule has 1 aliphatic carbocycles. The summed E-state index contributed by atoms with van der Waals surface area (Å²) < 4.78 is 0. The van der Waals surface area contributed by atoms with Gasteiger partial charge in [-0.3, -0.25) is 0 Å². The number of nitrogens with zero attached hydrogens (tertiary/aromatic N) is 2. The van der Waals surface area contributed by atoms with Crippen molar-refractivity contribution in [2.24, 2.45) is 11.8 Å². The first-order valence-electron chi connectivity index (χ1n) is 5.67. The van der Waals surface area contributed by atoms with Crippen molar-refractivity contribution in [1.82, 2.24) is 9.97 Å². The minimum absolute atomic E-state index is 0.233. The van der Waals surface area contributed by atoms with Crippen LogP contribution in [0.3, 0.4) is 0 Å². The smallest absolute Gasteiger partial charge is 0.224 e. The van der Waals surface area contributed by atoms with Gasteiger partial charge in [0.15, 0.2) is 5.82 Å². The maximum absolute atomic E-state index is 5.76. The number of nitrogen functional groups attached to an aromatic ring is 1. The summed E-state index contributed by atoms with van der Waals surface area (Å²) in [6.45, 7) is 3.22. The third kappa shape index (κ3) is 2.76. The summed E-state index contributed by atoms with van der Waals surface area (Å²) in [5, 5.41) is 3.49. The Kier molecular flexibility index (Phi) is 3.49. The van der Waals surface area contributed by atoms with Gasteiger partial charge < -0.3 is 11.1 Å². The van der Waals surface area contributed by atoms with Crippen molar-refractivity contribution >= 4 is 23.1 Å². The molecule has 0 spiro atoms. The van der Waals surface area contributed by atoms with Gasteiger partial charge in [-0.25, -0.2) is 4.98 Å². The van der Waals surface area contributed by atoms with Crippen molar-refractivity contribution in [3.8, 4) is 0 Å². The minimum Gasteiger partial charge on any atom is -0.394 e. The lowest BCUT2D eigenvalue weighted by molar-refractivity contribution is 0.536. The van der Waals surface area contributed by atoms with Crippen molar-refractivity contribution in [2.75, 3.05) is 17.6 Å². The Morgan fingerprint density at radius 1 is 1.56 bits per heavy atom. The van der Waals surface area contributed by atoms with Gasteiger partial charge in [0.1, 0.15) is 0 Å². The quantitative estimate of drug-likeness (QED) is 0.797. The molecule has 5 heteroatoms. The lowest BCUT2D eigenvalue weighted by Gasteiger charge is -2.12. The molecule has 1 aromatic rings. The highest BCUT2D eigenvalue weighted by molar-refractivity contribution is 6.28. The first kappa shape index (κ1) is 11.5. The number of nitrogens with two attached hydrogens (primary N) is 1. The zero-order valence-electron chi connectivity index (χ0n) is 9.41. The van der Waals surface area contributed by atoms with Crippen LogP contribution in [0.1, 0.15) is 26.2 Å². The Morgan fingerprint density at radius 3 is 3.06 bits per heavy atom. The Morgan fingerprint density at radius 2 is 2.38 bits per heavy atom. The fourth-order valence-corrected chi connectivity index (χ4v) is 2.40. The van der Waals surface area contributed by atoms with E-state index in [0.29, 0.717) is 11.5 Å². The number of aromatic nitrogens is 2. The van der Waals surface area contributed by atoms with Crippen molar-refractivity contribution in [3.05, 3.63) is 11.5 Å². The van der Waals surface area contributed by atoms with Gasteiger partial charge in [-0.1, -0.05) is 13.3 Å². The summed E-state index contributed by atoms with van der Waals surface area (Å²) in [6, 6.07) is 0. The van der Waals surface area contributed by atoms with Crippen LogP contribution in [0.2, 0.25) is 5.28 Å². The average Bonchev–Trinajstić information content (AvgIpc) is 2.66. The number of nitrogens with one attached hydrogen (secondary N) is 1. The highest BCUT2D eigenvalue weighted by Crippen LogP contribution is 2.30. The van der Waals surface area contributed by atoms with Crippen molar-refractivity contribution in [1.29, 1.82) is 0 Å². The van der Waals surface area contributed by atoms with Crippen LogP contribution in [0.4, 0.5) is 11.5 Å². The molecular weight excluding hydrogens is 224 g/mol. The molecule has 2 rings (SSSR count). The Hall–Kier alpha value is -1.03. The average molecular weight is 241 g/mol. The number of rotatable bonds is 3. The van der Waals surface area contributed by atoms with E-state index in [1.54, 1.807) is 0 Å². The lowest BCUT2D eigenvalue weighted by Crippen LogP contribution is -2.14. The molecule has 1 heterocycles. The molecule has 1 fully saturated rings. The van der Waals surface area contributed by atoms with E-state index in [4.69, 9.17) is 17.3 Å². The predicted molar refractivity (Wildman–Crippen MR) is 66.4 cm³/mol. The largest absolute Gasteiger partial charge is 0.394 e. The molecule has 2 atom stereocenters. The third-order valence-corrected chi connectivity index (χ3v) is 3.33. The molecule has 1 aromatic heterocycles. The molecule has 0 aliphatic heterocycles. The summed E-state index contributed by atoms with van der Waals surface area (Å²) in [6.07, 6.45) is 5.43. The minimum atomic E-state index is 0.233. The van der Waals surface area contributed by atoms with E-state index in [1.165, 1.54) is 25.5 Å². The molecule has 4 nitrogen and oxygen atoms in total. The molecule has 0 saturated heterocycles. The molecule has 16 heavy (non-hydrogen) atoms. The normalized spacial score (nSPS) is 24.6. The maximum atomic E-state index is 5.76. The van der Waals surface area contributed by atoms with Gasteiger partial charge in [-0.15, -0.1) is 0 Å². The van der Waals surface area contributed by atoms with Crippen molar-refractivity contribution in [3.63, 3.8) is 0 Å². The molecule has 3 N–H and O–H groups in total. The van der Waals surface area contributed by atoms with Crippen LogP contribution < -0.4 is 11.1 Å². The van der Waals surface area contributed by atoms with Crippen molar-refractivity contribution in [2.45, 2.75) is 26.2 Å². The SMILES string of the molecule is CC1CCC(CNc2nc(Cl)ncc2N)C1. The summed E-state index contributed by atoms with van der Waals surface area (Å²) in [5.41, 5.74) is 6.31. The number of halogens is 1. The molecule has 0 aromatic carbocycles. The molecule has 2 unspecified atom stereocenters. The molecule has 88 valence electrons. The Balaban J connectivity index is 1.91. The van der Waals surface area contributed by atoms with Gasteiger partial charge in [0.2, 0.25) is 5.28 Å². The lowest BCUT2D eigenvalue weighted by atomic mass is 10.1. The second-order valence-electron chi connectivity index (χ2n) is 4.61. The van der Waals surface area contributed by atoms with Crippen LogP contribution in [0.15, 0.2) is 6.20 Å². The standard InChI is InChI=1S/C11H17ClN4/c1-7-2-3-8(4-7)5-14-10-9(13)6-15-11(12)16-10/h6-8H,2-5,13H2,1H3,(H,14,15,16). The molecule has 0 radical (unpaired) electrons. The van der Waals surface area contributed by atoms with Gasteiger partial charge in [-0.2, -0.15) is 4.98 Å². The van der Waals surface area contributed by atoms with E-state index >= 15 is 0 Å². The number of anilines is 2. The van der Waals surface area contributed by atoms with Crippen LogP contribution in [0, 0.1) is 11.8 Å². The second-order valence-corrected chi connectivity index (χ2v) is 4.95. The zero-order valence-corrected chi connectivity index (χ0v) is 10.2. The molecule has 0 bridgehead atoms. The van der Waals surface area contributed by atoms with Gasteiger partial charge >= 0.3 is 0 Å². The fraction of sp³-hybridized carbons (Fsp3) is 0.636. The van der Waals surface area contributed by atoms with Gasteiger partial charge in [-0.05, 0) is 36.3 Å². The predicted octanol–water partition coefficient (Wildman–Crippen LogP) is 2.56. The van der Waals surface area contributed by atoms with E-state index in [1.807, 2.05) is 0 Å². The van der Waals surface area contributed by atoms with Crippen LogP contribution in [0.5, 0.6) is 0 Å². The molecule has 1 saturated carbocycles. The molecular formula is C11H17ClN4. The molecule has 0 amide bonds. The second kappa shape index (κ2) is 4.87. The van der Waals surface area contributed by atoms with Crippen LogP contribution in [-0.2, 0) is 0 Å². The van der Waals surface area contributed by atoms with E-state index in [9.17, 15) is 0 Å². The Bertz CT molecular complexity index is 369. The van der Waals surface area contributed by atoms with E-state index in [-0.39, 0.29) is 5.28 Å². The summed E-state index contributed by atoms with van der Waals surface area (Å²) in [4.78, 5) is 7.89. The van der Waals surface area contributed by atoms with E-state index in [2.05, 4.69) is 22.2 Å². The monoisotopic (exact) mass is 240 g/mol. The fourth-order valence-electron chi connectivity index (χ4n) is 2.26. The van der Waals surface area contributed by atoms with Crippen LogP contribution >= 0.6 is 11.6 Å². The Labute approximate surface area is 101 Å². The third-order valence-electron chi connectivity index (χ3n) is 3.15. The number of hydrogen-bond acceptors (Lipinski definition) is 4. The van der Waals surface area contributed by atoms with E-state index in [0.717, 1.165) is 18.4 Å². The van der Waals surface area contributed by atoms with Crippen LogP contribution in [-0.4, -0.2) is 16.5 Å². The van der Waals surface area contributed by atoms with Crippen LogP contribution in [0.25, 0.3) is 0 Å². The summed E-state index contributed by atoms with van der Waals surface area (Å²) in [5.74, 6) is 2.22. The maximum Gasteiger partial charge on any atom is 0.224 e.